The molecule has 0 bridgehead atoms. The van der Waals surface area contributed by atoms with Gasteiger partial charge in [0, 0.05) is 18.3 Å². The van der Waals surface area contributed by atoms with Crippen molar-refractivity contribution >= 4 is 35.2 Å². The largest absolute Gasteiger partial charge is 0.506 e. The van der Waals surface area contributed by atoms with Crippen LogP contribution in [0.1, 0.15) is 18.6 Å². The van der Waals surface area contributed by atoms with E-state index in [1.54, 1.807) is 17.6 Å². The van der Waals surface area contributed by atoms with E-state index < -0.39 is 22.9 Å². The lowest BCUT2D eigenvalue weighted by molar-refractivity contribution is -0.525. The van der Waals surface area contributed by atoms with Gasteiger partial charge in [-0.1, -0.05) is 5.43 Å². The molecule has 8 N–H and O–H groups in total. The van der Waals surface area contributed by atoms with Gasteiger partial charge in [0.25, 0.3) is 5.96 Å². The molecule has 0 saturated carbocycles. The Labute approximate surface area is 182 Å². The summed E-state index contributed by atoms with van der Waals surface area (Å²) < 4.78 is 5.09. The van der Waals surface area contributed by atoms with E-state index >= 15 is 0 Å². The van der Waals surface area contributed by atoms with E-state index in [0.29, 0.717) is 17.9 Å². The van der Waals surface area contributed by atoms with Crippen LogP contribution in [0.5, 0.6) is 5.75 Å². The van der Waals surface area contributed by atoms with Crippen LogP contribution in [0.3, 0.4) is 0 Å². The highest BCUT2D eigenvalue weighted by atomic mass is 16.7. The highest BCUT2D eigenvalue weighted by Gasteiger charge is 2.15. The predicted molar refractivity (Wildman–Crippen MR) is 117 cm³/mol. The molecule has 1 aromatic heterocycles. The van der Waals surface area contributed by atoms with Gasteiger partial charge in [-0.2, -0.15) is 0 Å². The summed E-state index contributed by atoms with van der Waals surface area (Å²) in [4.78, 5) is 38.2. The Bertz CT molecular complexity index is 1000. The van der Waals surface area contributed by atoms with Crippen molar-refractivity contribution in [3.8, 4) is 5.75 Å². The highest BCUT2D eigenvalue weighted by Crippen LogP contribution is 2.27. The predicted octanol–water partition coefficient (Wildman–Crippen LogP) is 0.779. The fraction of sp³-hybridized carbons (Fsp3) is 0.211. The second-order valence-corrected chi connectivity index (χ2v) is 6.44. The van der Waals surface area contributed by atoms with Crippen LogP contribution in [0.15, 0.2) is 52.1 Å². The van der Waals surface area contributed by atoms with Gasteiger partial charge < -0.3 is 31.6 Å². The van der Waals surface area contributed by atoms with Gasteiger partial charge in [0.2, 0.25) is 11.8 Å². The zero-order chi connectivity index (χ0) is 23.5. The highest BCUT2D eigenvalue weighted by molar-refractivity contribution is 6.03. The molecule has 0 fully saturated rings. The number of carbonyl (C=O) groups excluding carboxylic acids is 2. The number of carbonyl (C=O) groups is 2. The van der Waals surface area contributed by atoms with Crippen molar-refractivity contribution in [1.29, 1.82) is 0 Å². The van der Waals surface area contributed by atoms with Crippen LogP contribution >= 0.6 is 0 Å². The van der Waals surface area contributed by atoms with E-state index in [1.165, 1.54) is 36.6 Å². The Kier molecular flexibility index (Phi) is 8.74. The molecule has 2 aromatic rings. The molecule has 0 aliphatic heterocycles. The minimum Gasteiger partial charge on any atom is -0.506 e. The lowest BCUT2D eigenvalue weighted by Crippen LogP contribution is -2.37. The second kappa shape index (κ2) is 11.7. The van der Waals surface area contributed by atoms with Crippen molar-refractivity contribution in [3.05, 3.63) is 58.5 Å². The second-order valence-electron chi connectivity index (χ2n) is 6.44. The van der Waals surface area contributed by atoms with Crippen LogP contribution in [0.4, 0.5) is 11.4 Å². The fourth-order valence-electron chi connectivity index (χ4n) is 2.44. The molecule has 170 valence electrons. The van der Waals surface area contributed by atoms with Gasteiger partial charge in [0.1, 0.15) is 11.5 Å². The van der Waals surface area contributed by atoms with E-state index in [4.69, 9.17) is 15.9 Å². The third-order valence-electron chi connectivity index (χ3n) is 3.96. The number of nitrogens with two attached hydrogens (primary N) is 2. The molecule has 0 saturated heterocycles. The van der Waals surface area contributed by atoms with Crippen molar-refractivity contribution in [2.24, 2.45) is 16.5 Å². The number of rotatable bonds is 10. The number of nitrogens with zero attached hydrogens (tertiary/aromatic N) is 2. The number of anilines is 2. The average Bonchev–Trinajstić information content (AvgIpc) is 3.25. The molecule has 1 aromatic carbocycles. The molecule has 1 atom stereocenters. The Hall–Kier alpha value is -4.39. The number of furan rings is 1. The first-order chi connectivity index (χ1) is 15.2. The maximum Gasteiger partial charge on any atom is 0.251 e. The molecule has 13 nitrogen and oxygen atoms in total. The Morgan fingerprint density at radius 1 is 1.31 bits per heavy atom. The summed E-state index contributed by atoms with van der Waals surface area (Å²) in [6.07, 6.45) is 4.81. The smallest absolute Gasteiger partial charge is 0.251 e. The van der Waals surface area contributed by atoms with Gasteiger partial charge in [-0.25, -0.2) is 15.1 Å². The minimum absolute atomic E-state index is 0.0655. The van der Waals surface area contributed by atoms with E-state index in [1.807, 2.05) is 0 Å². The number of hydrazine groups is 1. The molecule has 2 rings (SSSR count). The van der Waals surface area contributed by atoms with Gasteiger partial charge in [-0.15, -0.1) is 0 Å². The summed E-state index contributed by atoms with van der Waals surface area (Å²) in [7, 11) is 0. The zero-order valence-corrected chi connectivity index (χ0v) is 16.9. The van der Waals surface area contributed by atoms with Crippen LogP contribution in [0.25, 0.3) is 6.08 Å². The fourth-order valence-corrected chi connectivity index (χ4v) is 2.44. The van der Waals surface area contributed by atoms with Crippen LogP contribution in [-0.4, -0.2) is 40.5 Å². The summed E-state index contributed by atoms with van der Waals surface area (Å²) in [6, 6.07) is 6.60. The monoisotopic (exact) mass is 445 g/mol. The number of phenolic OH excluding ortho intramolecular Hbond substituents is 1. The van der Waals surface area contributed by atoms with E-state index in [2.05, 4.69) is 15.6 Å². The maximum atomic E-state index is 12.3. The van der Waals surface area contributed by atoms with Gasteiger partial charge in [-0.05, 0) is 49.2 Å². The molecule has 0 radical (unpaired) electrons. The molecule has 0 spiro atoms. The van der Waals surface area contributed by atoms with Crippen molar-refractivity contribution in [2.45, 2.75) is 18.9 Å². The Balaban J connectivity index is 1.87. The molecule has 2 amide bonds. The molecule has 0 aliphatic carbocycles. The maximum absolute atomic E-state index is 12.3. The molecular formula is C19H23N7O6. The quantitative estimate of drug-likeness (QED) is 0.0445. The lowest BCUT2D eigenvalue weighted by atomic mass is 10.1. The molecule has 1 heterocycles. The third kappa shape index (κ3) is 8.16. The first-order valence-corrected chi connectivity index (χ1v) is 9.37. The van der Waals surface area contributed by atoms with Crippen LogP contribution in [-0.2, 0) is 9.59 Å². The third-order valence-corrected chi connectivity index (χ3v) is 3.96. The normalized spacial score (nSPS) is 12.3. The van der Waals surface area contributed by atoms with Crippen LogP contribution < -0.4 is 27.5 Å². The lowest BCUT2D eigenvalue weighted by Gasteiger charge is -2.14. The van der Waals surface area contributed by atoms with Crippen LogP contribution in [0.2, 0.25) is 0 Å². The number of phenols is 1. The van der Waals surface area contributed by atoms with Gasteiger partial charge in [0.05, 0.1) is 18.0 Å². The van der Waals surface area contributed by atoms with E-state index in [-0.39, 0.29) is 30.4 Å². The van der Waals surface area contributed by atoms with Gasteiger partial charge >= 0.3 is 0 Å². The Morgan fingerprint density at radius 3 is 2.78 bits per heavy atom. The minimum atomic E-state index is -0.927. The summed E-state index contributed by atoms with van der Waals surface area (Å²) in [6.45, 7) is 0.131. The number of guanidine groups is 1. The number of nitrogens with one attached hydrogen (secondary N) is 3. The van der Waals surface area contributed by atoms with Crippen molar-refractivity contribution < 1.29 is 24.1 Å². The summed E-state index contributed by atoms with van der Waals surface area (Å²) in [5, 5.41) is 24.5. The number of amides is 2. The van der Waals surface area contributed by atoms with Crippen molar-refractivity contribution in [3.63, 3.8) is 0 Å². The van der Waals surface area contributed by atoms with E-state index in [9.17, 15) is 24.8 Å². The number of aromatic hydroxyl groups is 1. The molecular weight excluding hydrogens is 422 g/mol. The summed E-state index contributed by atoms with van der Waals surface area (Å²) in [5.74, 6) is -1.06. The van der Waals surface area contributed by atoms with Gasteiger partial charge in [0.15, 0.2) is 5.03 Å². The molecule has 0 aliphatic rings. The van der Waals surface area contributed by atoms with Gasteiger partial charge in [-0.3, -0.25) is 9.59 Å². The summed E-state index contributed by atoms with van der Waals surface area (Å²) >= 11 is 0. The average molecular weight is 445 g/mol. The topological polar surface area (TPSA) is 211 Å². The number of nitro groups is 1. The van der Waals surface area contributed by atoms with Crippen molar-refractivity contribution in [2.75, 3.05) is 17.2 Å². The molecule has 32 heavy (non-hydrogen) atoms. The molecule has 13 heteroatoms. The van der Waals surface area contributed by atoms with E-state index in [0.717, 1.165) is 0 Å². The Morgan fingerprint density at radius 2 is 2.09 bits per heavy atom. The SMILES string of the molecule is NC(=NCCC[C@H](N)C(=O)Nc1cc(NC(=O)/C=C/c2ccco2)ccc1O)N[N+](=O)[O-]. The number of hydrogen-bond donors (Lipinski definition) is 6. The first-order valence-electron chi connectivity index (χ1n) is 9.37. The van der Waals surface area contributed by atoms with Crippen LogP contribution in [0, 0.1) is 10.1 Å². The number of benzene rings is 1. The van der Waals surface area contributed by atoms with Crippen molar-refractivity contribution in [1.82, 2.24) is 5.43 Å². The molecule has 0 unspecified atom stereocenters. The standard InChI is InChI=1S/C19H23N7O6/c20-14(4-1-9-22-19(21)25-26(30)31)18(29)24-15-11-12(5-7-16(15)27)23-17(28)8-6-13-3-2-10-32-13/h2-3,5-8,10-11,14,27H,1,4,9,20H2,(H,23,28)(H,24,29)(H3,21,22,25)/b8-6+/t14-/m0/s1. The zero-order valence-electron chi connectivity index (χ0n) is 16.9. The summed E-state index contributed by atoms with van der Waals surface area (Å²) in [5.41, 5.74) is 13.2. The number of hydrogen-bond acceptors (Lipinski definition) is 8. The first kappa shape index (κ1) is 23.9. The number of aliphatic imine (C=N–C) groups is 1.